The first-order valence-corrected chi connectivity index (χ1v) is 7.20. The summed E-state index contributed by atoms with van der Waals surface area (Å²) in [6.07, 6.45) is 1.55. The Morgan fingerprint density at radius 3 is 2.14 bits per heavy atom. The Kier molecular flexibility index (Phi) is 5.27. The molecule has 0 amide bonds. The molecule has 0 aliphatic heterocycles. The van der Waals surface area contributed by atoms with Gasteiger partial charge in [-0.2, -0.15) is 0 Å². The highest BCUT2D eigenvalue weighted by Gasteiger charge is 2.08. The van der Waals surface area contributed by atoms with E-state index >= 15 is 0 Å². The lowest BCUT2D eigenvalue weighted by Gasteiger charge is -2.07. The molecule has 0 heterocycles. The van der Waals surface area contributed by atoms with Gasteiger partial charge in [-0.05, 0) is 12.1 Å². The third-order valence-corrected chi connectivity index (χ3v) is 3.44. The van der Waals surface area contributed by atoms with Gasteiger partial charge in [0, 0.05) is 34.4 Å². The molecule has 0 aromatic heterocycles. The second-order valence-electron chi connectivity index (χ2n) is 4.37. The maximum atomic E-state index is 10.1. The van der Waals surface area contributed by atoms with Crippen LogP contribution in [-0.2, 0) is 0 Å². The molecule has 2 aromatic rings. The average molecular weight is 366 g/mol. The van der Waals surface area contributed by atoms with E-state index in [9.17, 15) is 5.11 Å². The summed E-state index contributed by atoms with van der Waals surface area (Å²) in [5.41, 5.74) is 1.18. The van der Waals surface area contributed by atoms with Gasteiger partial charge < -0.3 is 19.3 Å². The Labute approximate surface area is 137 Å². The van der Waals surface area contributed by atoms with Gasteiger partial charge in [0.15, 0.2) is 11.5 Å². The van der Waals surface area contributed by atoms with Gasteiger partial charge in [0.25, 0.3) is 0 Å². The van der Waals surface area contributed by atoms with E-state index < -0.39 is 0 Å². The molecule has 0 aliphatic rings. The Morgan fingerprint density at radius 1 is 0.955 bits per heavy atom. The SMILES string of the molecule is COc1cc(N=Cc2cc(Br)cc(OC)c2O)cc(OC)c1. The zero-order chi connectivity index (χ0) is 16.1. The monoisotopic (exact) mass is 365 g/mol. The molecule has 0 spiro atoms. The number of aliphatic imine (C=N–C) groups is 1. The average Bonchev–Trinajstić information content (AvgIpc) is 2.54. The number of phenols is 1. The van der Waals surface area contributed by atoms with Gasteiger partial charge in [-0.3, -0.25) is 4.99 Å². The number of halogens is 1. The van der Waals surface area contributed by atoms with Crippen LogP contribution in [0.3, 0.4) is 0 Å². The molecule has 6 heteroatoms. The molecule has 0 saturated carbocycles. The third kappa shape index (κ3) is 3.71. The first-order valence-electron chi connectivity index (χ1n) is 6.41. The Morgan fingerprint density at radius 2 is 1.59 bits per heavy atom. The smallest absolute Gasteiger partial charge is 0.166 e. The lowest BCUT2D eigenvalue weighted by molar-refractivity contribution is 0.373. The van der Waals surface area contributed by atoms with E-state index in [0.29, 0.717) is 28.5 Å². The predicted octanol–water partition coefficient (Wildman–Crippen LogP) is 3.93. The predicted molar refractivity (Wildman–Crippen MR) is 89.2 cm³/mol. The van der Waals surface area contributed by atoms with Crippen molar-refractivity contribution in [1.29, 1.82) is 0 Å². The summed E-state index contributed by atoms with van der Waals surface area (Å²) < 4.78 is 16.3. The minimum atomic E-state index is 0.0318. The van der Waals surface area contributed by atoms with Crippen molar-refractivity contribution in [2.75, 3.05) is 21.3 Å². The van der Waals surface area contributed by atoms with Crippen molar-refractivity contribution in [3.8, 4) is 23.0 Å². The second kappa shape index (κ2) is 7.17. The number of phenolic OH excluding ortho intramolecular Hbond substituents is 1. The van der Waals surface area contributed by atoms with E-state index in [4.69, 9.17) is 14.2 Å². The van der Waals surface area contributed by atoms with E-state index in [1.807, 2.05) is 0 Å². The van der Waals surface area contributed by atoms with Crippen LogP contribution in [0.5, 0.6) is 23.0 Å². The summed E-state index contributed by atoms with van der Waals surface area (Å²) in [5, 5.41) is 10.1. The number of rotatable bonds is 5. The van der Waals surface area contributed by atoms with Crippen LogP contribution >= 0.6 is 15.9 Å². The molecule has 2 rings (SSSR count). The Balaban J connectivity index is 2.38. The first kappa shape index (κ1) is 16.2. The topological polar surface area (TPSA) is 60.3 Å². The van der Waals surface area contributed by atoms with E-state index in [0.717, 1.165) is 4.47 Å². The number of nitrogens with zero attached hydrogens (tertiary/aromatic N) is 1. The fourth-order valence-electron chi connectivity index (χ4n) is 1.86. The number of benzene rings is 2. The molecule has 5 nitrogen and oxygen atoms in total. The number of ether oxygens (including phenoxy) is 3. The first-order chi connectivity index (χ1) is 10.6. The van der Waals surface area contributed by atoms with Crippen LogP contribution in [0.2, 0.25) is 0 Å². The van der Waals surface area contributed by atoms with Crippen LogP contribution in [0, 0.1) is 0 Å². The van der Waals surface area contributed by atoms with Crippen LogP contribution in [0.1, 0.15) is 5.56 Å². The van der Waals surface area contributed by atoms with Crippen LogP contribution < -0.4 is 14.2 Å². The van der Waals surface area contributed by atoms with Crippen LogP contribution in [-0.4, -0.2) is 32.7 Å². The highest BCUT2D eigenvalue weighted by Crippen LogP contribution is 2.33. The molecule has 0 saturated heterocycles. The number of aromatic hydroxyl groups is 1. The fraction of sp³-hybridized carbons (Fsp3) is 0.188. The van der Waals surface area contributed by atoms with Crippen molar-refractivity contribution in [2.45, 2.75) is 0 Å². The molecule has 0 aliphatic carbocycles. The molecule has 2 aromatic carbocycles. The van der Waals surface area contributed by atoms with Crippen molar-refractivity contribution in [3.05, 3.63) is 40.4 Å². The number of hydrogen-bond donors (Lipinski definition) is 1. The molecular weight excluding hydrogens is 350 g/mol. The minimum absolute atomic E-state index is 0.0318. The highest BCUT2D eigenvalue weighted by atomic mass is 79.9. The second-order valence-corrected chi connectivity index (χ2v) is 5.29. The molecule has 22 heavy (non-hydrogen) atoms. The van der Waals surface area contributed by atoms with Gasteiger partial charge in [0.1, 0.15) is 11.5 Å². The van der Waals surface area contributed by atoms with Gasteiger partial charge in [-0.25, -0.2) is 0 Å². The fourth-order valence-corrected chi connectivity index (χ4v) is 2.31. The quantitative estimate of drug-likeness (QED) is 0.815. The largest absolute Gasteiger partial charge is 0.504 e. The maximum absolute atomic E-state index is 10.1. The standard InChI is InChI=1S/C16H16BrNO4/c1-20-13-6-12(7-14(8-13)21-2)18-9-10-4-11(17)5-15(22-3)16(10)19/h4-9,19H,1-3H3. The van der Waals surface area contributed by atoms with Gasteiger partial charge in [0.2, 0.25) is 0 Å². The van der Waals surface area contributed by atoms with Crippen molar-refractivity contribution < 1.29 is 19.3 Å². The van der Waals surface area contributed by atoms with Gasteiger partial charge in [0.05, 0.1) is 27.0 Å². The molecule has 0 unspecified atom stereocenters. The third-order valence-electron chi connectivity index (χ3n) is 2.98. The summed E-state index contributed by atoms with van der Waals surface area (Å²) in [6, 6.07) is 8.73. The molecule has 0 fully saturated rings. The zero-order valence-corrected chi connectivity index (χ0v) is 14.0. The lowest BCUT2D eigenvalue weighted by Crippen LogP contribution is -1.90. The van der Waals surface area contributed by atoms with Crippen LogP contribution in [0.15, 0.2) is 39.8 Å². The normalized spacial score (nSPS) is 10.7. The number of methoxy groups -OCH3 is 3. The van der Waals surface area contributed by atoms with Crippen molar-refractivity contribution >= 4 is 27.8 Å². The van der Waals surface area contributed by atoms with Crippen molar-refractivity contribution in [1.82, 2.24) is 0 Å². The van der Waals surface area contributed by atoms with Gasteiger partial charge in [-0.15, -0.1) is 0 Å². The summed E-state index contributed by atoms with van der Waals surface area (Å²) in [7, 11) is 4.65. The van der Waals surface area contributed by atoms with E-state index in [1.54, 1.807) is 50.8 Å². The summed E-state index contributed by atoms with van der Waals surface area (Å²) >= 11 is 3.37. The summed E-state index contributed by atoms with van der Waals surface area (Å²) in [4.78, 5) is 4.35. The molecule has 0 atom stereocenters. The molecule has 0 radical (unpaired) electrons. The summed E-state index contributed by atoms with van der Waals surface area (Å²) in [6.45, 7) is 0. The lowest BCUT2D eigenvalue weighted by atomic mass is 10.2. The molecule has 1 N–H and O–H groups in total. The van der Waals surface area contributed by atoms with E-state index in [2.05, 4.69) is 20.9 Å². The zero-order valence-electron chi connectivity index (χ0n) is 12.5. The molecule has 0 bridgehead atoms. The van der Waals surface area contributed by atoms with Gasteiger partial charge >= 0.3 is 0 Å². The van der Waals surface area contributed by atoms with Crippen molar-refractivity contribution in [2.24, 2.45) is 4.99 Å². The van der Waals surface area contributed by atoms with E-state index in [1.165, 1.54) is 7.11 Å². The van der Waals surface area contributed by atoms with Crippen LogP contribution in [0.25, 0.3) is 0 Å². The maximum Gasteiger partial charge on any atom is 0.166 e. The minimum Gasteiger partial charge on any atom is -0.504 e. The van der Waals surface area contributed by atoms with Gasteiger partial charge in [-0.1, -0.05) is 15.9 Å². The highest BCUT2D eigenvalue weighted by molar-refractivity contribution is 9.10. The number of hydrogen-bond acceptors (Lipinski definition) is 5. The molecular formula is C16H16BrNO4. The van der Waals surface area contributed by atoms with Crippen LogP contribution in [0.4, 0.5) is 5.69 Å². The Bertz CT molecular complexity index is 679. The van der Waals surface area contributed by atoms with Crippen molar-refractivity contribution in [3.63, 3.8) is 0 Å². The van der Waals surface area contributed by atoms with E-state index in [-0.39, 0.29) is 5.75 Å². The molecule has 116 valence electrons. The summed E-state index contributed by atoms with van der Waals surface area (Å²) in [5.74, 6) is 1.69. The Hall–Kier alpha value is -2.21.